The summed E-state index contributed by atoms with van der Waals surface area (Å²) in [6, 6.07) is 7.45. The molecule has 0 atom stereocenters. The summed E-state index contributed by atoms with van der Waals surface area (Å²) >= 11 is 0. The molecule has 4 rings (SSSR count). The third kappa shape index (κ3) is 4.16. The van der Waals surface area contributed by atoms with E-state index < -0.39 is 0 Å². The van der Waals surface area contributed by atoms with E-state index >= 15 is 0 Å². The smallest absolute Gasteiger partial charge is 0.131 e. The Balaban J connectivity index is 1.64. The zero-order valence-corrected chi connectivity index (χ0v) is 16.6. The summed E-state index contributed by atoms with van der Waals surface area (Å²) in [6.07, 6.45) is 7.99. The Morgan fingerprint density at radius 3 is 2.52 bits per heavy atom. The molecular weight excluding hydrogens is 334 g/mol. The van der Waals surface area contributed by atoms with Crippen LogP contribution in [0.3, 0.4) is 0 Å². The standard InChI is InChI=1S/C23H31N3O/c1-16(2)23-24-21-12-13-26(14-17-6-4-3-5-7-17)15-20(21)22(25-23)18-8-10-19(27)11-9-18/h8-11,16-17,27H,3-7,12-15H2,1-2H3. The van der Waals surface area contributed by atoms with Crippen molar-refractivity contribution in [2.45, 2.75) is 64.8 Å². The predicted molar refractivity (Wildman–Crippen MR) is 109 cm³/mol. The van der Waals surface area contributed by atoms with Gasteiger partial charge in [-0.15, -0.1) is 0 Å². The summed E-state index contributed by atoms with van der Waals surface area (Å²) in [5.74, 6) is 2.39. The van der Waals surface area contributed by atoms with E-state index in [9.17, 15) is 5.11 Å². The molecule has 2 aromatic rings. The van der Waals surface area contributed by atoms with Gasteiger partial charge >= 0.3 is 0 Å². The fourth-order valence-corrected chi connectivity index (χ4v) is 4.50. The molecule has 1 aliphatic heterocycles. The zero-order valence-electron chi connectivity index (χ0n) is 16.6. The highest BCUT2D eigenvalue weighted by Crippen LogP contribution is 2.32. The van der Waals surface area contributed by atoms with Crippen molar-refractivity contribution >= 4 is 0 Å². The third-order valence-electron chi connectivity index (χ3n) is 6.05. The molecule has 27 heavy (non-hydrogen) atoms. The first-order valence-electron chi connectivity index (χ1n) is 10.5. The SMILES string of the molecule is CC(C)c1nc2c(c(-c3ccc(O)cc3)n1)CN(CC1CCCCC1)CC2. The van der Waals surface area contributed by atoms with Crippen molar-refractivity contribution < 1.29 is 5.11 Å². The van der Waals surface area contributed by atoms with Gasteiger partial charge in [0.1, 0.15) is 11.6 Å². The molecule has 1 N–H and O–H groups in total. The van der Waals surface area contributed by atoms with Crippen LogP contribution in [-0.4, -0.2) is 33.1 Å². The van der Waals surface area contributed by atoms with Crippen LogP contribution in [-0.2, 0) is 13.0 Å². The molecular formula is C23H31N3O. The zero-order chi connectivity index (χ0) is 18.8. The van der Waals surface area contributed by atoms with Gasteiger partial charge in [0.25, 0.3) is 0 Å². The number of nitrogens with zero attached hydrogens (tertiary/aromatic N) is 3. The van der Waals surface area contributed by atoms with Crippen LogP contribution in [0, 0.1) is 5.92 Å². The fraction of sp³-hybridized carbons (Fsp3) is 0.565. The van der Waals surface area contributed by atoms with Gasteiger partial charge in [-0.25, -0.2) is 9.97 Å². The lowest BCUT2D eigenvalue weighted by molar-refractivity contribution is 0.186. The Bertz CT molecular complexity index is 779. The number of hydrogen-bond acceptors (Lipinski definition) is 4. The van der Waals surface area contributed by atoms with Gasteiger partial charge in [0, 0.05) is 43.1 Å². The number of aromatic hydroxyl groups is 1. The maximum Gasteiger partial charge on any atom is 0.131 e. The third-order valence-corrected chi connectivity index (χ3v) is 6.05. The molecule has 0 unspecified atom stereocenters. The summed E-state index contributed by atoms with van der Waals surface area (Å²) in [6.45, 7) is 7.56. The average molecular weight is 366 g/mol. The molecule has 1 fully saturated rings. The first-order chi connectivity index (χ1) is 13.1. The van der Waals surface area contributed by atoms with Crippen LogP contribution in [0.1, 0.15) is 69.0 Å². The van der Waals surface area contributed by atoms with E-state index in [1.165, 1.54) is 49.9 Å². The molecule has 1 aromatic heterocycles. The van der Waals surface area contributed by atoms with Gasteiger partial charge in [0.15, 0.2) is 0 Å². The monoisotopic (exact) mass is 365 g/mol. The lowest BCUT2D eigenvalue weighted by atomic mass is 9.88. The molecule has 0 radical (unpaired) electrons. The quantitative estimate of drug-likeness (QED) is 0.836. The number of fused-ring (bicyclic) bond motifs is 1. The molecule has 1 saturated carbocycles. The van der Waals surface area contributed by atoms with Gasteiger partial charge in [0.05, 0.1) is 11.4 Å². The molecule has 0 bridgehead atoms. The van der Waals surface area contributed by atoms with Gasteiger partial charge < -0.3 is 5.11 Å². The molecule has 0 amide bonds. The van der Waals surface area contributed by atoms with E-state index in [1.54, 1.807) is 12.1 Å². The van der Waals surface area contributed by atoms with Gasteiger partial charge in [-0.3, -0.25) is 4.90 Å². The minimum atomic E-state index is 0.296. The highest BCUT2D eigenvalue weighted by atomic mass is 16.3. The Labute approximate surface area is 162 Å². The van der Waals surface area contributed by atoms with Crippen molar-refractivity contribution in [3.05, 3.63) is 41.3 Å². The van der Waals surface area contributed by atoms with Crippen LogP contribution in [0.15, 0.2) is 24.3 Å². The highest BCUT2D eigenvalue weighted by molar-refractivity contribution is 5.65. The Morgan fingerprint density at radius 2 is 1.81 bits per heavy atom. The first kappa shape index (κ1) is 18.4. The second-order valence-corrected chi connectivity index (χ2v) is 8.55. The van der Waals surface area contributed by atoms with Crippen molar-refractivity contribution in [3.8, 4) is 17.0 Å². The molecule has 4 heteroatoms. The van der Waals surface area contributed by atoms with Crippen LogP contribution < -0.4 is 0 Å². The van der Waals surface area contributed by atoms with Crippen LogP contribution in [0.5, 0.6) is 5.75 Å². The number of phenols is 1. The Morgan fingerprint density at radius 1 is 1.07 bits per heavy atom. The summed E-state index contributed by atoms with van der Waals surface area (Å²) in [7, 11) is 0. The summed E-state index contributed by atoms with van der Waals surface area (Å²) in [5.41, 5.74) is 4.63. The maximum absolute atomic E-state index is 9.67. The van der Waals surface area contributed by atoms with Gasteiger partial charge in [0.2, 0.25) is 0 Å². The minimum Gasteiger partial charge on any atom is -0.508 e. The molecule has 0 spiro atoms. The summed E-state index contributed by atoms with van der Waals surface area (Å²) in [5, 5.41) is 9.67. The predicted octanol–water partition coefficient (Wildman–Crippen LogP) is 4.91. The van der Waals surface area contributed by atoms with E-state index in [-0.39, 0.29) is 0 Å². The lowest BCUT2D eigenvalue weighted by Crippen LogP contribution is -2.36. The van der Waals surface area contributed by atoms with Crippen molar-refractivity contribution in [1.29, 1.82) is 0 Å². The van der Waals surface area contributed by atoms with Crippen LogP contribution >= 0.6 is 0 Å². The van der Waals surface area contributed by atoms with Crippen LogP contribution in [0.4, 0.5) is 0 Å². The lowest BCUT2D eigenvalue weighted by Gasteiger charge is -2.34. The maximum atomic E-state index is 9.67. The summed E-state index contributed by atoms with van der Waals surface area (Å²) < 4.78 is 0. The van der Waals surface area contributed by atoms with E-state index in [2.05, 4.69) is 18.7 Å². The number of aromatic nitrogens is 2. The molecule has 0 saturated heterocycles. The Hall–Kier alpha value is -1.94. The number of hydrogen-bond donors (Lipinski definition) is 1. The first-order valence-corrected chi connectivity index (χ1v) is 10.5. The number of benzene rings is 1. The van der Waals surface area contributed by atoms with Crippen LogP contribution in [0.2, 0.25) is 0 Å². The van der Waals surface area contributed by atoms with Crippen molar-refractivity contribution in [1.82, 2.24) is 14.9 Å². The minimum absolute atomic E-state index is 0.296. The van der Waals surface area contributed by atoms with E-state index in [0.29, 0.717) is 11.7 Å². The molecule has 2 aliphatic rings. The normalized spacial score (nSPS) is 18.6. The second-order valence-electron chi connectivity index (χ2n) is 8.55. The van der Waals surface area contributed by atoms with Gasteiger partial charge in [-0.05, 0) is 43.0 Å². The van der Waals surface area contributed by atoms with Gasteiger partial charge in [-0.2, -0.15) is 0 Å². The molecule has 1 aliphatic carbocycles. The molecule has 2 heterocycles. The van der Waals surface area contributed by atoms with E-state index in [4.69, 9.17) is 9.97 Å². The topological polar surface area (TPSA) is 49.3 Å². The number of phenolic OH excluding ortho intramolecular Hbond substituents is 1. The summed E-state index contributed by atoms with van der Waals surface area (Å²) in [4.78, 5) is 12.5. The molecule has 144 valence electrons. The Kier molecular flexibility index (Phi) is 5.44. The van der Waals surface area contributed by atoms with Crippen molar-refractivity contribution in [3.63, 3.8) is 0 Å². The van der Waals surface area contributed by atoms with Crippen LogP contribution in [0.25, 0.3) is 11.3 Å². The van der Waals surface area contributed by atoms with Crippen molar-refractivity contribution in [2.75, 3.05) is 13.1 Å². The van der Waals surface area contributed by atoms with Gasteiger partial charge in [-0.1, -0.05) is 33.1 Å². The fourth-order valence-electron chi connectivity index (χ4n) is 4.50. The van der Waals surface area contributed by atoms with Crippen molar-refractivity contribution in [2.24, 2.45) is 5.92 Å². The van der Waals surface area contributed by atoms with E-state index in [1.807, 2.05) is 12.1 Å². The molecule has 4 nitrogen and oxygen atoms in total. The molecule has 1 aromatic carbocycles. The highest BCUT2D eigenvalue weighted by Gasteiger charge is 2.26. The average Bonchev–Trinajstić information content (AvgIpc) is 2.68. The second kappa shape index (κ2) is 7.97. The van der Waals surface area contributed by atoms with E-state index in [0.717, 1.165) is 42.5 Å². The number of rotatable bonds is 4. The largest absolute Gasteiger partial charge is 0.508 e.